The van der Waals surface area contributed by atoms with Gasteiger partial charge in [0.05, 0.1) is 25.7 Å². The van der Waals surface area contributed by atoms with Gasteiger partial charge in [-0.3, -0.25) is 4.79 Å². The van der Waals surface area contributed by atoms with Gasteiger partial charge in [-0.25, -0.2) is 0 Å². The Morgan fingerprint density at radius 1 is 1.24 bits per heavy atom. The van der Waals surface area contributed by atoms with E-state index in [4.69, 9.17) is 15.3 Å². The van der Waals surface area contributed by atoms with Gasteiger partial charge in [-0.1, -0.05) is 0 Å². The van der Waals surface area contributed by atoms with Crippen LogP contribution in [0.2, 0.25) is 0 Å². The molecule has 0 aromatic carbocycles. The average Bonchev–Trinajstić information content (AvgIpc) is 2.98. The highest BCUT2D eigenvalue weighted by molar-refractivity contribution is 5.81. The highest BCUT2D eigenvalue weighted by Crippen LogP contribution is 2.33. The van der Waals surface area contributed by atoms with E-state index in [9.17, 15) is 4.79 Å². The molecule has 0 aromatic rings. The van der Waals surface area contributed by atoms with Crippen molar-refractivity contribution < 1.29 is 20.1 Å². The molecular weight excluding hydrogens is 224 g/mol. The van der Waals surface area contributed by atoms with Gasteiger partial charge < -0.3 is 26.0 Å². The maximum atomic E-state index is 12.0. The largest absolute Gasteiger partial charge is 0.394 e. The normalized spacial score (nSPS) is 31.8. The summed E-state index contributed by atoms with van der Waals surface area (Å²) in [6.07, 6.45) is 2.90. The SMILES string of the molecule is O=C(NC(CO)(CO)CO)C1CC2CCC1N2. The molecule has 2 heterocycles. The lowest BCUT2D eigenvalue weighted by Gasteiger charge is -2.31. The predicted octanol–water partition coefficient (Wildman–Crippen LogP) is -2.04. The Morgan fingerprint density at radius 3 is 2.29 bits per heavy atom. The zero-order chi connectivity index (χ0) is 12.5. The third-order valence-electron chi connectivity index (χ3n) is 3.93. The first-order valence-electron chi connectivity index (χ1n) is 6.05. The molecule has 0 saturated carbocycles. The topological polar surface area (TPSA) is 102 Å². The molecule has 0 aliphatic carbocycles. The van der Waals surface area contributed by atoms with E-state index < -0.39 is 25.4 Å². The standard InChI is InChI=1S/C11H20N2O4/c14-4-11(5-15,6-16)13-10(17)8-3-7-1-2-9(8)12-7/h7-9,12,14-16H,1-6H2,(H,13,17). The number of carbonyl (C=O) groups excluding carboxylic acids is 1. The molecule has 6 nitrogen and oxygen atoms in total. The van der Waals surface area contributed by atoms with Gasteiger partial charge in [0.15, 0.2) is 0 Å². The highest BCUT2D eigenvalue weighted by atomic mass is 16.3. The fourth-order valence-electron chi connectivity index (χ4n) is 2.74. The van der Waals surface area contributed by atoms with E-state index in [1.54, 1.807) is 0 Å². The van der Waals surface area contributed by atoms with Crippen molar-refractivity contribution in [3.05, 3.63) is 0 Å². The Bertz CT molecular complexity index is 285. The second kappa shape index (κ2) is 4.89. The summed E-state index contributed by atoms with van der Waals surface area (Å²) in [5.74, 6) is -0.306. The van der Waals surface area contributed by atoms with Gasteiger partial charge >= 0.3 is 0 Å². The van der Waals surface area contributed by atoms with Gasteiger partial charge in [-0.2, -0.15) is 0 Å². The van der Waals surface area contributed by atoms with Crippen LogP contribution in [0.4, 0.5) is 0 Å². The summed E-state index contributed by atoms with van der Waals surface area (Å²) in [6.45, 7) is -1.42. The van der Waals surface area contributed by atoms with Gasteiger partial charge in [-0.15, -0.1) is 0 Å². The quantitative estimate of drug-likeness (QED) is 0.383. The summed E-state index contributed by atoms with van der Waals surface area (Å²) >= 11 is 0. The van der Waals surface area contributed by atoms with Crippen LogP contribution in [-0.2, 0) is 4.79 Å². The Morgan fingerprint density at radius 2 is 1.88 bits per heavy atom. The van der Waals surface area contributed by atoms with Gasteiger partial charge in [0, 0.05) is 12.1 Å². The van der Waals surface area contributed by atoms with Crippen molar-refractivity contribution in [3.63, 3.8) is 0 Å². The van der Waals surface area contributed by atoms with Crippen LogP contribution >= 0.6 is 0 Å². The summed E-state index contributed by atoms with van der Waals surface area (Å²) in [5.41, 5.74) is -1.31. The Hall–Kier alpha value is -0.690. The molecule has 2 rings (SSSR count). The van der Waals surface area contributed by atoms with Crippen LogP contribution in [0.1, 0.15) is 19.3 Å². The molecule has 2 aliphatic heterocycles. The first kappa shape index (κ1) is 12.8. The van der Waals surface area contributed by atoms with Crippen molar-refractivity contribution in [2.45, 2.75) is 36.9 Å². The molecule has 2 fully saturated rings. The Kier molecular flexibility index (Phi) is 3.67. The van der Waals surface area contributed by atoms with Crippen LogP contribution < -0.4 is 10.6 Å². The van der Waals surface area contributed by atoms with Crippen LogP contribution in [0.25, 0.3) is 0 Å². The fraction of sp³-hybridized carbons (Fsp3) is 0.909. The predicted molar refractivity (Wildman–Crippen MR) is 60.2 cm³/mol. The lowest BCUT2D eigenvalue weighted by Crippen LogP contribution is -2.59. The number of nitrogens with one attached hydrogen (secondary N) is 2. The third-order valence-corrected chi connectivity index (χ3v) is 3.93. The molecule has 0 aromatic heterocycles. The lowest BCUT2D eigenvalue weighted by atomic mass is 9.87. The molecule has 5 N–H and O–H groups in total. The number of hydrogen-bond donors (Lipinski definition) is 5. The molecule has 0 spiro atoms. The second-order valence-corrected chi connectivity index (χ2v) is 5.13. The zero-order valence-corrected chi connectivity index (χ0v) is 9.72. The molecule has 3 atom stereocenters. The number of aliphatic hydroxyl groups is 3. The van der Waals surface area contributed by atoms with Crippen LogP contribution in [0.5, 0.6) is 0 Å². The van der Waals surface area contributed by atoms with Crippen molar-refractivity contribution in [1.82, 2.24) is 10.6 Å². The van der Waals surface area contributed by atoms with Crippen LogP contribution in [-0.4, -0.2) is 58.7 Å². The fourth-order valence-corrected chi connectivity index (χ4v) is 2.74. The summed E-state index contributed by atoms with van der Waals surface area (Å²) < 4.78 is 0. The van der Waals surface area contributed by atoms with E-state index in [-0.39, 0.29) is 17.9 Å². The monoisotopic (exact) mass is 244 g/mol. The van der Waals surface area contributed by atoms with Crippen molar-refractivity contribution >= 4 is 5.91 Å². The highest BCUT2D eigenvalue weighted by Gasteiger charge is 2.44. The Labute approximate surface area is 100 Å². The summed E-state index contributed by atoms with van der Waals surface area (Å²) in [5, 5.41) is 33.4. The number of fused-ring (bicyclic) bond motifs is 2. The van der Waals surface area contributed by atoms with Crippen LogP contribution in [0.3, 0.4) is 0 Å². The van der Waals surface area contributed by atoms with E-state index in [1.807, 2.05) is 0 Å². The maximum Gasteiger partial charge on any atom is 0.225 e. The van der Waals surface area contributed by atoms with E-state index in [1.165, 1.54) is 0 Å². The molecule has 1 amide bonds. The first-order chi connectivity index (χ1) is 8.14. The maximum absolute atomic E-state index is 12.0. The zero-order valence-electron chi connectivity index (χ0n) is 9.72. The molecule has 98 valence electrons. The smallest absolute Gasteiger partial charge is 0.225 e. The number of amides is 1. The molecule has 2 saturated heterocycles. The van der Waals surface area contributed by atoms with E-state index in [0.29, 0.717) is 6.04 Å². The van der Waals surface area contributed by atoms with Gasteiger partial charge in [-0.05, 0) is 19.3 Å². The summed E-state index contributed by atoms with van der Waals surface area (Å²) in [7, 11) is 0. The average molecular weight is 244 g/mol. The van der Waals surface area contributed by atoms with Crippen molar-refractivity contribution in [3.8, 4) is 0 Å². The molecule has 0 radical (unpaired) electrons. The number of hydrogen-bond acceptors (Lipinski definition) is 5. The first-order valence-corrected chi connectivity index (χ1v) is 6.05. The minimum Gasteiger partial charge on any atom is -0.394 e. The van der Waals surface area contributed by atoms with Gasteiger partial charge in [0.25, 0.3) is 0 Å². The van der Waals surface area contributed by atoms with Gasteiger partial charge in [0.2, 0.25) is 5.91 Å². The van der Waals surface area contributed by atoms with Crippen molar-refractivity contribution in [2.75, 3.05) is 19.8 Å². The second-order valence-electron chi connectivity index (χ2n) is 5.13. The third kappa shape index (κ3) is 2.30. The van der Waals surface area contributed by atoms with E-state index >= 15 is 0 Å². The molecule has 6 heteroatoms. The molecular formula is C11H20N2O4. The minimum atomic E-state index is -1.31. The number of carbonyl (C=O) groups is 1. The van der Waals surface area contributed by atoms with E-state index in [2.05, 4.69) is 10.6 Å². The summed E-state index contributed by atoms with van der Waals surface area (Å²) in [4.78, 5) is 12.0. The molecule has 2 aliphatic rings. The van der Waals surface area contributed by atoms with Crippen molar-refractivity contribution in [1.29, 1.82) is 0 Å². The van der Waals surface area contributed by atoms with Crippen molar-refractivity contribution in [2.24, 2.45) is 5.92 Å². The van der Waals surface area contributed by atoms with Crippen LogP contribution in [0, 0.1) is 5.92 Å². The van der Waals surface area contributed by atoms with Gasteiger partial charge in [0.1, 0.15) is 5.54 Å². The molecule has 3 unspecified atom stereocenters. The van der Waals surface area contributed by atoms with Crippen LogP contribution in [0.15, 0.2) is 0 Å². The summed E-state index contributed by atoms with van der Waals surface area (Å²) in [6, 6.07) is 0.622. The Balaban J connectivity index is 1.96. The number of rotatable bonds is 5. The number of aliphatic hydroxyl groups excluding tert-OH is 3. The minimum absolute atomic E-state index is 0.113. The molecule has 17 heavy (non-hydrogen) atoms. The lowest BCUT2D eigenvalue weighted by molar-refractivity contribution is -0.130. The van der Waals surface area contributed by atoms with E-state index in [0.717, 1.165) is 19.3 Å². The molecule has 2 bridgehead atoms.